The molecule has 1 heterocycles. The first-order valence-electron chi connectivity index (χ1n) is 9.88. The van der Waals surface area contributed by atoms with E-state index in [1.807, 2.05) is 13.0 Å². The molecule has 0 unspecified atom stereocenters. The van der Waals surface area contributed by atoms with Crippen LogP contribution in [-0.4, -0.2) is 58.1 Å². The smallest absolute Gasteiger partial charge is 0.267 e. The number of primary sulfonamides is 1. The number of anilines is 1. The second-order valence-electron chi connectivity index (χ2n) is 7.43. The number of hydrogen-bond acceptors (Lipinski definition) is 7. The number of amides is 1. The Hall–Kier alpha value is -3.24. The quantitative estimate of drug-likeness (QED) is 0.453. The van der Waals surface area contributed by atoms with Crippen LogP contribution in [0.25, 0.3) is 0 Å². The number of nitriles is 1. The van der Waals surface area contributed by atoms with E-state index in [-0.39, 0.29) is 28.5 Å². The van der Waals surface area contributed by atoms with Gasteiger partial charge in [0, 0.05) is 38.1 Å². The number of nitrogens with zero attached hydrogens (tertiary/aromatic N) is 3. The number of nitrogens with one attached hydrogen (secondary N) is 1. The van der Waals surface area contributed by atoms with Crippen molar-refractivity contribution in [3.8, 4) is 6.07 Å². The van der Waals surface area contributed by atoms with Gasteiger partial charge in [-0.05, 0) is 43.3 Å². The molecule has 1 saturated heterocycles. The summed E-state index contributed by atoms with van der Waals surface area (Å²) < 4.78 is 49.6. The van der Waals surface area contributed by atoms with E-state index in [0.29, 0.717) is 18.8 Å². The Bertz CT molecular complexity index is 1300. The van der Waals surface area contributed by atoms with E-state index in [4.69, 9.17) is 5.14 Å². The second-order valence-corrected chi connectivity index (χ2v) is 10.9. The van der Waals surface area contributed by atoms with Gasteiger partial charge >= 0.3 is 0 Å². The van der Waals surface area contributed by atoms with Gasteiger partial charge in [-0.15, -0.1) is 0 Å². The molecule has 174 valence electrons. The van der Waals surface area contributed by atoms with Gasteiger partial charge in [0.1, 0.15) is 11.6 Å². The summed E-state index contributed by atoms with van der Waals surface area (Å²) in [5.74, 6) is -0.671. The zero-order valence-electron chi connectivity index (χ0n) is 17.8. The number of benzene rings is 2. The van der Waals surface area contributed by atoms with Crippen LogP contribution in [0.4, 0.5) is 5.69 Å². The van der Waals surface area contributed by atoms with Gasteiger partial charge in [0.25, 0.3) is 5.91 Å². The topological polar surface area (TPSA) is 154 Å². The van der Waals surface area contributed by atoms with Gasteiger partial charge < -0.3 is 10.2 Å². The van der Waals surface area contributed by atoms with E-state index >= 15 is 0 Å². The maximum atomic E-state index is 12.8. The molecule has 0 bridgehead atoms. The first-order valence-corrected chi connectivity index (χ1v) is 12.9. The molecule has 0 aliphatic carbocycles. The molecule has 2 aromatic rings. The van der Waals surface area contributed by atoms with Crippen molar-refractivity contribution in [2.45, 2.75) is 16.7 Å². The third-order valence-corrected chi connectivity index (χ3v) is 7.89. The highest BCUT2D eigenvalue weighted by atomic mass is 32.2. The highest BCUT2D eigenvalue weighted by molar-refractivity contribution is 7.89. The molecule has 0 radical (unpaired) electrons. The van der Waals surface area contributed by atoms with Crippen LogP contribution in [0.3, 0.4) is 0 Å². The van der Waals surface area contributed by atoms with Gasteiger partial charge in [0.15, 0.2) is 0 Å². The van der Waals surface area contributed by atoms with Crippen LogP contribution >= 0.6 is 0 Å². The molecular weight excluding hydrogens is 466 g/mol. The Balaban J connectivity index is 1.64. The summed E-state index contributed by atoms with van der Waals surface area (Å²) in [7, 11) is -7.47. The van der Waals surface area contributed by atoms with Crippen molar-refractivity contribution in [2.24, 2.45) is 5.14 Å². The minimum absolute atomic E-state index is 0.102. The number of aryl methyl sites for hydroxylation is 1. The molecule has 1 fully saturated rings. The molecule has 0 aromatic heterocycles. The maximum Gasteiger partial charge on any atom is 0.267 e. The van der Waals surface area contributed by atoms with Crippen molar-refractivity contribution in [3.63, 3.8) is 0 Å². The maximum absolute atomic E-state index is 12.8. The first kappa shape index (κ1) is 24.4. The van der Waals surface area contributed by atoms with E-state index in [9.17, 15) is 26.9 Å². The lowest BCUT2D eigenvalue weighted by Crippen LogP contribution is -2.46. The predicted octanol–water partition coefficient (Wildman–Crippen LogP) is 0.995. The van der Waals surface area contributed by atoms with Crippen molar-refractivity contribution in [1.29, 1.82) is 5.26 Å². The molecule has 1 aliphatic rings. The van der Waals surface area contributed by atoms with Gasteiger partial charge in [-0.2, -0.15) is 9.57 Å². The number of rotatable bonds is 6. The molecule has 0 spiro atoms. The monoisotopic (exact) mass is 489 g/mol. The Labute approximate surface area is 193 Å². The van der Waals surface area contributed by atoms with Crippen molar-refractivity contribution in [3.05, 3.63) is 65.9 Å². The minimum atomic E-state index is -3.85. The van der Waals surface area contributed by atoms with Crippen molar-refractivity contribution >= 4 is 31.6 Å². The van der Waals surface area contributed by atoms with Crippen LogP contribution in [0, 0.1) is 18.3 Å². The minimum Gasteiger partial charge on any atom is -0.373 e. The number of nitrogens with two attached hydrogens (primary N) is 1. The first-order chi connectivity index (χ1) is 15.5. The molecule has 10 nitrogen and oxygen atoms in total. The van der Waals surface area contributed by atoms with E-state index in [1.165, 1.54) is 34.8 Å². The summed E-state index contributed by atoms with van der Waals surface area (Å²) >= 11 is 0. The summed E-state index contributed by atoms with van der Waals surface area (Å²) in [5.41, 5.74) is 1.09. The fourth-order valence-electron chi connectivity index (χ4n) is 3.18. The van der Waals surface area contributed by atoms with Crippen LogP contribution in [0.1, 0.15) is 5.56 Å². The number of piperazine rings is 1. The van der Waals surface area contributed by atoms with Crippen LogP contribution < -0.4 is 10.5 Å². The molecule has 12 heteroatoms. The second kappa shape index (κ2) is 9.72. The third-order valence-electron chi connectivity index (χ3n) is 5.05. The highest BCUT2D eigenvalue weighted by Gasteiger charge is 2.28. The Kier molecular flexibility index (Phi) is 7.19. The molecule has 3 rings (SSSR count). The summed E-state index contributed by atoms with van der Waals surface area (Å²) in [6.45, 7) is 2.92. The zero-order valence-corrected chi connectivity index (χ0v) is 19.4. The van der Waals surface area contributed by atoms with E-state index in [1.54, 1.807) is 29.2 Å². The van der Waals surface area contributed by atoms with Crippen molar-refractivity contribution < 1.29 is 21.6 Å². The van der Waals surface area contributed by atoms with Gasteiger partial charge in [0.2, 0.25) is 20.0 Å². The molecule has 0 saturated carbocycles. The van der Waals surface area contributed by atoms with E-state index < -0.39 is 26.0 Å². The standard InChI is InChI=1S/C21H23N5O5S2/c1-16-2-6-20(7-3-16)33(30,31)26-12-10-25(11-13-26)15-17(14-22)21(27)24-18-4-8-19(9-5-18)32(23,28)29/h2-9,15H,10-13H2,1H3,(H,24,27)(H2,23,28,29)/b17-15-. The SMILES string of the molecule is Cc1ccc(S(=O)(=O)N2CCN(/C=C(/C#N)C(=O)Nc3ccc(S(N)(=O)=O)cc3)CC2)cc1. The fraction of sp³-hybridized carbons (Fsp3) is 0.238. The lowest BCUT2D eigenvalue weighted by atomic mass is 10.2. The van der Waals surface area contributed by atoms with Gasteiger partial charge in [-0.1, -0.05) is 17.7 Å². The summed E-state index contributed by atoms with van der Waals surface area (Å²) in [6, 6.07) is 13.7. The fourth-order valence-corrected chi connectivity index (χ4v) is 5.12. The van der Waals surface area contributed by atoms with Crippen molar-refractivity contribution in [1.82, 2.24) is 9.21 Å². The highest BCUT2D eigenvalue weighted by Crippen LogP contribution is 2.19. The average molecular weight is 490 g/mol. The third kappa shape index (κ3) is 5.96. The van der Waals surface area contributed by atoms with Gasteiger partial charge in [-0.3, -0.25) is 4.79 Å². The van der Waals surface area contributed by atoms with Crippen LogP contribution in [0.2, 0.25) is 0 Å². The van der Waals surface area contributed by atoms with Crippen LogP contribution in [0.5, 0.6) is 0 Å². The van der Waals surface area contributed by atoms with E-state index in [0.717, 1.165) is 5.56 Å². The number of hydrogen-bond donors (Lipinski definition) is 2. The average Bonchev–Trinajstić information content (AvgIpc) is 2.77. The Morgan fingerprint density at radius 3 is 2.03 bits per heavy atom. The number of sulfonamides is 2. The van der Waals surface area contributed by atoms with Crippen molar-refractivity contribution in [2.75, 3.05) is 31.5 Å². The predicted molar refractivity (Wildman–Crippen MR) is 122 cm³/mol. The lowest BCUT2D eigenvalue weighted by Gasteiger charge is -2.33. The van der Waals surface area contributed by atoms with Gasteiger partial charge in [0.05, 0.1) is 9.79 Å². The van der Waals surface area contributed by atoms with Crippen LogP contribution in [-0.2, 0) is 24.8 Å². The molecular formula is C21H23N5O5S2. The summed E-state index contributed by atoms with van der Waals surface area (Å²) in [5, 5.41) is 17.0. The Morgan fingerprint density at radius 2 is 1.52 bits per heavy atom. The van der Waals surface area contributed by atoms with Crippen LogP contribution in [0.15, 0.2) is 70.1 Å². The summed E-state index contributed by atoms with van der Waals surface area (Å²) in [4.78, 5) is 14.3. The molecule has 0 atom stereocenters. The van der Waals surface area contributed by atoms with Gasteiger partial charge in [-0.25, -0.2) is 22.0 Å². The van der Waals surface area contributed by atoms with E-state index in [2.05, 4.69) is 5.32 Å². The summed E-state index contributed by atoms with van der Waals surface area (Å²) in [6.07, 6.45) is 1.39. The number of carbonyl (C=O) groups is 1. The lowest BCUT2D eigenvalue weighted by molar-refractivity contribution is -0.112. The molecule has 1 amide bonds. The number of carbonyl (C=O) groups excluding carboxylic acids is 1. The largest absolute Gasteiger partial charge is 0.373 e. The molecule has 33 heavy (non-hydrogen) atoms. The molecule has 2 aromatic carbocycles. The zero-order chi connectivity index (χ0) is 24.2. The molecule has 1 aliphatic heterocycles. The normalized spacial score (nSPS) is 15.7. The Morgan fingerprint density at radius 1 is 0.970 bits per heavy atom. The molecule has 3 N–H and O–H groups in total.